The van der Waals surface area contributed by atoms with Crippen molar-refractivity contribution < 1.29 is 9.84 Å². The fourth-order valence-corrected chi connectivity index (χ4v) is 2.44. The molecule has 1 heterocycles. The minimum Gasteiger partial charge on any atom is -0.485 e. The molecule has 0 bridgehead atoms. The van der Waals surface area contributed by atoms with Crippen molar-refractivity contribution in [1.29, 1.82) is 0 Å². The normalized spacial score (nSPS) is 22.1. The fourth-order valence-electron chi connectivity index (χ4n) is 2.44. The molecule has 92 valence electrons. The minimum atomic E-state index is -0.446. The largest absolute Gasteiger partial charge is 0.485 e. The zero-order chi connectivity index (χ0) is 12.5. The molecule has 0 radical (unpaired) electrons. The second kappa shape index (κ2) is 4.46. The summed E-state index contributed by atoms with van der Waals surface area (Å²) in [7, 11) is 0. The Balaban J connectivity index is 1.95. The van der Waals surface area contributed by atoms with Crippen LogP contribution in [-0.4, -0.2) is 5.11 Å². The summed E-state index contributed by atoms with van der Waals surface area (Å²) in [5.41, 5.74) is 3.17. The van der Waals surface area contributed by atoms with Crippen LogP contribution in [0.4, 0.5) is 0 Å². The molecule has 1 aliphatic heterocycles. The van der Waals surface area contributed by atoms with Crippen molar-refractivity contribution in [3.05, 3.63) is 65.2 Å². The van der Waals surface area contributed by atoms with Crippen molar-refractivity contribution in [2.24, 2.45) is 0 Å². The van der Waals surface area contributed by atoms with Gasteiger partial charge in [-0.2, -0.15) is 0 Å². The predicted molar refractivity (Wildman–Crippen MR) is 70.6 cm³/mol. The number of aryl methyl sites for hydroxylation is 1. The second-order valence-electron chi connectivity index (χ2n) is 4.81. The van der Waals surface area contributed by atoms with Gasteiger partial charge in [-0.25, -0.2) is 0 Å². The molecule has 1 N–H and O–H groups in total. The summed E-state index contributed by atoms with van der Waals surface area (Å²) in [6.07, 6.45) is 0.107. The smallest absolute Gasteiger partial charge is 0.127 e. The maximum absolute atomic E-state index is 10.2. The van der Waals surface area contributed by atoms with Gasteiger partial charge in [-0.3, -0.25) is 0 Å². The van der Waals surface area contributed by atoms with E-state index in [1.165, 1.54) is 0 Å². The molecule has 0 saturated carbocycles. The molecule has 0 fully saturated rings. The van der Waals surface area contributed by atoms with Gasteiger partial charge in [-0.15, -0.1) is 0 Å². The SMILES string of the molecule is Cc1ccc2c(c1)C(O)CC(c1ccccc1)O2. The van der Waals surface area contributed by atoms with Gasteiger partial charge in [0.1, 0.15) is 11.9 Å². The third-order valence-corrected chi connectivity index (χ3v) is 3.40. The molecule has 2 unspecified atom stereocenters. The van der Waals surface area contributed by atoms with E-state index >= 15 is 0 Å². The number of rotatable bonds is 1. The Kier molecular flexibility index (Phi) is 2.80. The zero-order valence-corrected chi connectivity index (χ0v) is 10.3. The number of ether oxygens (including phenoxy) is 1. The number of aliphatic hydroxyl groups excluding tert-OH is 1. The molecule has 2 heteroatoms. The Labute approximate surface area is 107 Å². The molecule has 0 saturated heterocycles. The van der Waals surface area contributed by atoms with E-state index in [-0.39, 0.29) is 6.10 Å². The van der Waals surface area contributed by atoms with Crippen LogP contribution in [0.1, 0.15) is 35.3 Å². The summed E-state index contributed by atoms with van der Waals surface area (Å²) in [4.78, 5) is 0. The lowest BCUT2D eigenvalue weighted by molar-refractivity contribution is 0.0657. The summed E-state index contributed by atoms with van der Waals surface area (Å²) in [6, 6.07) is 16.0. The van der Waals surface area contributed by atoms with Crippen molar-refractivity contribution in [2.75, 3.05) is 0 Å². The van der Waals surface area contributed by atoms with E-state index in [1.807, 2.05) is 55.5 Å². The van der Waals surface area contributed by atoms with Crippen LogP contribution < -0.4 is 4.74 Å². The van der Waals surface area contributed by atoms with Gasteiger partial charge in [0.05, 0.1) is 6.10 Å². The van der Waals surface area contributed by atoms with Crippen molar-refractivity contribution in [3.8, 4) is 5.75 Å². The molecule has 0 aliphatic carbocycles. The van der Waals surface area contributed by atoms with Gasteiger partial charge in [0.25, 0.3) is 0 Å². The molecular formula is C16H16O2. The van der Waals surface area contributed by atoms with E-state index in [0.717, 1.165) is 22.4 Å². The van der Waals surface area contributed by atoms with Crippen LogP contribution in [-0.2, 0) is 0 Å². The lowest BCUT2D eigenvalue weighted by Crippen LogP contribution is -2.19. The van der Waals surface area contributed by atoms with Crippen LogP contribution >= 0.6 is 0 Å². The first-order chi connectivity index (χ1) is 8.74. The quantitative estimate of drug-likeness (QED) is 0.826. The van der Waals surface area contributed by atoms with Crippen molar-refractivity contribution in [3.63, 3.8) is 0 Å². The van der Waals surface area contributed by atoms with Gasteiger partial charge in [0.2, 0.25) is 0 Å². The van der Waals surface area contributed by atoms with Crippen LogP contribution in [0.3, 0.4) is 0 Å². The Morgan fingerprint density at radius 2 is 1.89 bits per heavy atom. The van der Waals surface area contributed by atoms with Gasteiger partial charge < -0.3 is 9.84 Å². The number of fused-ring (bicyclic) bond motifs is 1. The van der Waals surface area contributed by atoms with Crippen molar-refractivity contribution in [2.45, 2.75) is 25.6 Å². The van der Waals surface area contributed by atoms with Crippen LogP contribution in [0.5, 0.6) is 5.75 Å². The Hall–Kier alpha value is -1.80. The maximum Gasteiger partial charge on any atom is 0.127 e. The number of benzene rings is 2. The third kappa shape index (κ3) is 2.00. The van der Waals surface area contributed by atoms with E-state index < -0.39 is 6.10 Å². The van der Waals surface area contributed by atoms with E-state index in [2.05, 4.69) is 0 Å². The first-order valence-electron chi connectivity index (χ1n) is 6.24. The summed E-state index contributed by atoms with van der Waals surface area (Å²) in [6.45, 7) is 2.02. The third-order valence-electron chi connectivity index (χ3n) is 3.40. The molecule has 0 amide bonds. The van der Waals surface area contributed by atoms with Gasteiger partial charge >= 0.3 is 0 Å². The molecule has 1 aliphatic rings. The average Bonchev–Trinajstić information content (AvgIpc) is 2.40. The minimum absolute atomic E-state index is 0.0589. The lowest BCUT2D eigenvalue weighted by Gasteiger charge is -2.30. The standard InChI is InChI=1S/C16H16O2/c1-11-7-8-15-13(9-11)14(17)10-16(18-15)12-5-3-2-4-6-12/h2-9,14,16-17H,10H2,1H3. The Morgan fingerprint density at radius 1 is 1.11 bits per heavy atom. The zero-order valence-electron chi connectivity index (χ0n) is 10.3. The van der Waals surface area contributed by atoms with Crippen LogP contribution in [0.2, 0.25) is 0 Å². The lowest BCUT2D eigenvalue weighted by atomic mass is 9.94. The summed E-state index contributed by atoms with van der Waals surface area (Å²) in [5.74, 6) is 0.799. The highest BCUT2D eigenvalue weighted by atomic mass is 16.5. The highest BCUT2D eigenvalue weighted by Gasteiger charge is 2.27. The van der Waals surface area contributed by atoms with Gasteiger partial charge in [0.15, 0.2) is 0 Å². The van der Waals surface area contributed by atoms with Crippen LogP contribution in [0, 0.1) is 6.92 Å². The highest BCUT2D eigenvalue weighted by molar-refractivity contribution is 5.41. The molecular weight excluding hydrogens is 224 g/mol. The summed E-state index contributed by atoms with van der Waals surface area (Å²) in [5, 5.41) is 10.2. The number of hydrogen-bond donors (Lipinski definition) is 1. The summed E-state index contributed by atoms with van der Waals surface area (Å²) >= 11 is 0. The van der Waals surface area contributed by atoms with E-state index in [9.17, 15) is 5.11 Å². The van der Waals surface area contributed by atoms with E-state index in [1.54, 1.807) is 0 Å². The molecule has 2 aromatic rings. The van der Waals surface area contributed by atoms with Crippen LogP contribution in [0.15, 0.2) is 48.5 Å². The molecule has 0 spiro atoms. The average molecular weight is 240 g/mol. The second-order valence-corrected chi connectivity index (χ2v) is 4.81. The molecule has 18 heavy (non-hydrogen) atoms. The predicted octanol–water partition coefficient (Wildman–Crippen LogP) is 3.55. The van der Waals surface area contributed by atoms with Gasteiger partial charge in [-0.1, -0.05) is 42.0 Å². The first-order valence-corrected chi connectivity index (χ1v) is 6.24. The van der Waals surface area contributed by atoms with Gasteiger partial charge in [-0.05, 0) is 24.6 Å². The molecule has 3 rings (SSSR count). The number of aliphatic hydroxyl groups is 1. The maximum atomic E-state index is 10.2. The van der Waals surface area contributed by atoms with Crippen molar-refractivity contribution in [1.82, 2.24) is 0 Å². The highest BCUT2D eigenvalue weighted by Crippen LogP contribution is 2.40. The van der Waals surface area contributed by atoms with Crippen LogP contribution in [0.25, 0.3) is 0 Å². The topological polar surface area (TPSA) is 29.5 Å². The Morgan fingerprint density at radius 3 is 2.67 bits per heavy atom. The monoisotopic (exact) mass is 240 g/mol. The van der Waals surface area contributed by atoms with E-state index in [4.69, 9.17) is 4.74 Å². The van der Waals surface area contributed by atoms with Gasteiger partial charge in [0, 0.05) is 12.0 Å². The summed E-state index contributed by atoms with van der Waals surface area (Å²) < 4.78 is 5.98. The molecule has 2 atom stereocenters. The fraction of sp³-hybridized carbons (Fsp3) is 0.250. The Bertz CT molecular complexity index is 548. The number of hydrogen-bond acceptors (Lipinski definition) is 2. The van der Waals surface area contributed by atoms with E-state index in [0.29, 0.717) is 6.42 Å². The first kappa shape index (κ1) is 11.3. The molecule has 2 nitrogen and oxygen atoms in total. The molecule has 0 aromatic heterocycles. The molecule has 2 aromatic carbocycles. The van der Waals surface area contributed by atoms with Crippen molar-refractivity contribution >= 4 is 0 Å².